The normalized spacial score (nSPS) is 14.8. The van der Waals surface area contributed by atoms with E-state index < -0.39 is 4.92 Å². The molecule has 0 unspecified atom stereocenters. The first-order valence-corrected chi connectivity index (χ1v) is 8.48. The van der Waals surface area contributed by atoms with Gasteiger partial charge < -0.3 is 10.1 Å². The molecule has 3 rings (SSSR count). The molecule has 0 aliphatic carbocycles. The minimum absolute atomic E-state index is 0.0569. The van der Waals surface area contributed by atoms with Gasteiger partial charge in [0, 0.05) is 42.5 Å². The topological polar surface area (TPSA) is 84.7 Å². The zero-order valence-electron chi connectivity index (χ0n) is 14.6. The van der Waals surface area contributed by atoms with Crippen LogP contribution in [0.5, 0.6) is 0 Å². The van der Waals surface area contributed by atoms with Crippen LogP contribution in [0.15, 0.2) is 42.5 Å². The summed E-state index contributed by atoms with van der Waals surface area (Å²) in [5.41, 5.74) is 2.55. The molecule has 2 aromatic rings. The SMILES string of the molecule is Cc1ccc(C(=O)Nc2ccc(CN3CCOCC3)cc2)cc1[N+](=O)[O-]. The molecule has 7 heteroatoms. The van der Waals surface area contributed by atoms with Crippen LogP contribution in [0.1, 0.15) is 21.5 Å². The molecule has 0 atom stereocenters. The molecule has 0 radical (unpaired) electrons. The molecule has 1 aliphatic rings. The number of anilines is 1. The van der Waals surface area contributed by atoms with Crippen molar-refractivity contribution in [3.05, 3.63) is 69.3 Å². The minimum Gasteiger partial charge on any atom is -0.379 e. The highest BCUT2D eigenvalue weighted by atomic mass is 16.6. The highest BCUT2D eigenvalue weighted by Crippen LogP contribution is 2.20. The first kappa shape index (κ1) is 18.0. The number of aryl methyl sites for hydroxylation is 1. The van der Waals surface area contributed by atoms with Crippen molar-refractivity contribution >= 4 is 17.3 Å². The molecule has 7 nitrogen and oxygen atoms in total. The summed E-state index contributed by atoms with van der Waals surface area (Å²) in [5.74, 6) is -0.367. The fraction of sp³-hybridized carbons (Fsp3) is 0.316. The van der Waals surface area contributed by atoms with Gasteiger partial charge in [-0.2, -0.15) is 0 Å². The van der Waals surface area contributed by atoms with Crippen LogP contribution < -0.4 is 5.32 Å². The van der Waals surface area contributed by atoms with Crippen molar-refractivity contribution < 1.29 is 14.5 Å². The van der Waals surface area contributed by atoms with Crippen molar-refractivity contribution in [2.45, 2.75) is 13.5 Å². The summed E-state index contributed by atoms with van der Waals surface area (Å²) >= 11 is 0. The molecule has 0 saturated carbocycles. The molecule has 0 bridgehead atoms. The average Bonchev–Trinajstić information content (AvgIpc) is 2.64. The number of nitro groups is 1. The highest BCUT2D eigenvalue weighted by molar-refractivity contribution is 6.04. The van der Waals surface area contributed by atoms with Crippen molar-refractivity contribution in [2.75, 3.05) is 31.6 Å². The molecule has 0 aromatic heterocycles. The molecule has 26 heavy (non-hydrogen) atoms. The number of nitro benzene ring substituents is 1. The van der Waals surface area contributed by atoms with Crippen LogP contribution in [-0.2, 0) is 11.3 Å². The van der Waals surface area contributed by atoms with Gasteiger partial charge in [0.2, 0.25) is 0 Å². The summed E-state index contributed by atoms with van der Waals surface area (Å²) in [7, 11) is 0. The molecular weight excluding hydrogens is 334 g/mol. The number of carbonyl (C=O) groups is 1. The Bertz CT molecular complexity index is 799. The smallest absolute Gasteiger partial charge is 0.273 e. The van der Waals surface area contributed by atoms with E-state index in [0.717, 1.165) is 38.4 Å². The van der Waals surface area contributed by atoms with Gasteiger partial charge >= 0.3 is 0 Å². The molecule has 2 aromatic carbocycles. The zero-order valence-corrected chi connectivity index (χ0v) is 14.6. The predicted molar refractivity (Wildman–Crippen MR) is 98.3 cm³/mol. The van der Waals surface area contributed by atoms with Crippen LogP contribution in [0.4, 0.5) is 11.4 Å². The van der Waals surface area contributed by atoms with Crippen LogP contribution in [0.2, 0.25) is 0 Å². The second kappa shape index (κ2) is 8.07. The van der Waals surface area contributed by atoms with Crippen LogP contribution >= 0.6 is 0 Å². The van der Waals surface area contributed by atoms with Crippen molar-refractivity contribution in [3.8, 4) is 0 Å². The molecule has 136 valence electrons. The highest BCUT2D eigenvalue weighted by Gasteiger charge is 2.15. The lowest BCUT2D eigenvalue weighted by Crippen LogP contribution is -2.35. The van der Waals surface area contributed by atoms with Gasteiger partial charge in [-0.15, -0.1) is 0 Å². The number of hydrogen-bond donors (Lipinski definition) is 1. The monoisotopic (exact) mass is 355 g/mol. The van der Waals surface area contributed by atoms with Crippen LogP contribution in [0.3, 0.4) is 0 Å². The van der Waals surface area contributed by atoms with E-state index in [9.17, 15) is 14.9 Å². The van der Waals surface area contributed by atoms with Gasteiger partial charge in [0.1, 0.15) is 0 Å². The molecular formula is C19H21N3O4. The Labute approximate surface area is 151 Å². The van der Waals surface area contributed by atoms with Gasteiger partial charge in [-0.1, -0.05) is 18.2 Å². The van der Waals surface area contributed by atoms with Crippen molar-refractivity contribution in [3.63, 3.8) is 0 Å². The Kier molecular flexibility index (Phi) is 5.60. The first-order chi connectivity index (χ1) is 12.5. The molecule has 1 amide bonds. The predicted octanol–water partition coefficient (Wildman–Crippen LogP) is 2.99. The summed E-state index contributed by atoms with van der Waals surface area (Å²) in [4.78, 5) is 25.2. The number of carbonyl (C=O) groups excluding carboxylic acids is 1. The van der Waals surface area contributed by atoms with E-state index in [1.807, 2.05) is 24.3 Å². The maximum Gasteiger partial charge on any atom is 0.273 e. The summed E-state index contributed by atoms with van der Waals surface area (Å²) in [5, 5.41) is 13.8. The Hall–Kier alpha value is -2.77. The minimum atomic E-state index is -0.480. The number of benzene rings is 2. The molecule has 1 aliphatic heterocycles. The van der Waals surface area contributed by atoms with Crippen molar-refractivity contribution in [1.82, 2.24) is 4.90 Å². The standard InChI is InChI=1S/C19H21N3O4/c1-14-2-5-16(12-18(14)22(24)25)19(23)20-17-6-3-15(4-7-17)13-21-8-10-26-11-9-21/h2-7,12H,8-11,13H2,1H3,(H,20,23). The molecule has 1 heterocycles. The summed E-state index contributed by atoms with van der Waals surface area (Å²) in [6, 6.07) is 12.1. The van der Waals surface area contributed by atoms with Gasteiger partial charge in [0.15, 0.2) is 0 Å². The van der Waals surface area contributed by atoms with E-state index in [1.54, 1.807) is 19.1 Å². The van der Waals surface area contributed by atoms with E-state index in [2.05, 4.69) is 10.2 Å². The summed E-state index contributed by atoms with van der Waals surface area (Å²) < 4.78 is 5.34. The Morgan fingerprint density at radius 1 is 1.19 bits per heavy atom. The van der Waals surface area contributed by atoms with Gasteiger partial charge in [0.25, 0.3) is 11.6 Å². The Morgan fingerprint density at radius 3 is 2.54 bits per heavy atom. The third-order valence-electron chi connectivity index (χ3n) is 4.39. The fourth-order valence-corrected chi connectivity index (χ4v) is 2.86. The van der Waals surface area contributed by atoms with Crippen molar-refractivity contribution in [1.29, 1.82) is 0 Å². The maximum absolute atomic E-state index is 12.3. The van der Waals surface area contributed by atoms with Gasteiger partial charge in [-0.25, -0.2) is 0 Å². The first-order valence-electron chi connectivity index (χ1n) is 8.48. The largest absolute Gasteiger partial charge is 0.379 e. The molecule has 1 fully saturated rings. The third kappa shape index (κ3) is 4.44. The van der Waals surface area contributed by atoms with Crippen molar-refractivity contribution in [2.24, 2.45) is 0 Å². The van der Waals surface area contributed by atoms with Gasteiger partial charge in [0.05, 0.1) is 18.1 Å². The maximum atomic E-state index is 12.3. The van der Waals surface area contributed by atoms with E-state index >= 15 is 0 Å². The number of nitrogens with one attached hydrogen (secondary N) is 1. The zero-order chi connectivity index (χ0) is 18.5. The van der Waals surface area contributed by atoms with E-state index in [1.165, 1.54) is 6.07 Å². The van der Waals surface area contributed by atoms with E-state index in [0.29, 0.717) is 11.3 Å². The summed E-state index contributed by atoms with van der Waals surface area (Å²) in [6.45, 7) is 5.86. The average molecular weight is 355 g/mol. The lowest BCUT2D eigenvalue weighted by Gasteiger charge is -2.26. The lowest BCUT2D eigenvalue weighted by atomic mass is 10.1. The van der Waals surface area contributed by atoms with E-state index in [4.69, 9.17) is 4.74 Å². The van der Waals surface area contributed by atoms with Gasteiger partial charge in [-0.05, 0) is 30.7 Å². The van der Waals surface area contributed by atoms with Gasteiger partial charge in [-0.3, -0.25) is 19.8 Å². The second-order valence-electron chi connectivity index (χ2n) is 6.30. The van der Waals surface area contributed by atoms with Crippen LogP contribution in [0.25, 0.3) is 0 Å². The number of ether oxygens (including phenoxy) is 1. The van der Waals surface area contributed by atoms with E-state index in [-0.39, 0.29) is 17.2 Å². The lowest BCUT2D eigenvalue weighted by molar-refractivity contribution is -0.385. The summed E-state index contributed by atoms with van der Waals surface area (Å²) in [6.07, 6.45) is 0. The Balaban J connectivity index is 1.64. The quantitative estimate of drug-likeness (QED) is 0.658. The molecule has 1 saturated heterocycles. The van der Waals surface area contributed by atoms with Crippen LogP contribution in [-0.4, -0.2) is 42.0 Å². The molecule has 0 spiro atoms. The third-order valence-corrected chi connectivity index (χ3v) is 4.39. The molecule has 1 N–H and O–H groups in total. The number of hydrogen-bond acceptors (Lipinski definition) is 5. The van der Waals surface area contributed by atoms with Crippen LogP contribution in [0, 0.1) is 17.0 Å². The second-order valence-corrected chi connectivity index (χ2v) is 6.30. The number of rotatable bonds is 5. The number of morpholine rings is 1. The Morgan fingerprint density at radius 2 is 1.88 bits per heavy atom. The number of amides is 1. The fourth-order valence-electron chi connectivity index (χ4n) is 2.86. The number of nitrogens with zero attached hydrogens (tertiary/aromatic N) is 2.